The second-order valence-electron chi connectivity index (χ2n) is 9.86. The van der Waals surface area contributed by atoms with Gasteiger partial charge in [-0.15, -0.1) is 0 Å². The number of nitriles is 1. The Morgan fingerprint density at radius 3 is 2.73 bits per heavy atom. The average molecular weight is 515 g/mol. The van der Waals surface area contributed by atoms with Gasteiger partial charge in [0, 0.05) is 50.8 Å². The topological polar surface area (TPSA) is 119 Å². The van der Waals surface area contributed by atoms with Gasteiger partial charge in [-0.3, -0.25) is 9.13 Å². The Morgan fingerprint density at radius 2 is 2.05 bits per heavy atom. The lowest BCUT2D eigenvalue weighted by Crippen LogP contribution is -2.47. The molecule has 37 heavy (non-hydrogen) atoms. The molecule has 1 saturated heterocycles. The van der Waals surface area contributed by atoms with E-state index in [1.54, 1.807) is 48.6 Å². The van der Waals surface area contributed by atoms with Crippen molar-refractivity contribution in [3.05, 3.63) is 46.1 Å². The molecule has 0 aliphatic carbocycles. The van der Waals surface area contributed by atoms with Crippen LogP contribution in [0.3, 0.4) is 0 Å². The number of nitrogens with zero attached hydrogens (tertiary/aromatic N) is 5. The molecule has 1 fully saturated rings. The van der Waals surface area contributed by atoms with Gasteiger partial charge in [0.25, 0.3) is 0 Å². The molecule has 0 spiro atoms. The summed E-state index contributed by atoms with van der Waals surface area (Å²) in [5.41, 5.74) is 1.62. The number of nitrogens with one attached hydrogen (secondary N) is 1. The van der Waals surface area contributed by atoms with Gasteiger partial charge in [-0.2, -0.15) is 5.26 Å². The molecule has 1 aliphatic rings. The molecule has 3 heterocycles. The molecule has 0 saturated carbocycles. The summed E-state index contributed by atoms with van der Waals surface area (Å²) in [6.07, 6.45) is -0.974. The van der Waals surface area contributed by atoms with Crippen LogP contribution in [-0.4, -0.2) is 56.3 Å². The molecular formula is C26H32F2N6O3. The Morgan fingerprint density at radius 1 is 1.30 bits per heavy atom. The predicted octanol–water partition coefficient (Wildman–Crippen LogP) is 3.05. The lowest BCUT2D eigenvalue weighted by Gasteiger charge is -2.40. The number of aliphatic hydroxyl groups excluding tert-OH is 2. The van der Waals surface area contributed by atoms with Gasteiger partial charge in [-0.05, 0) is 44.0 Å². The maximum atomic E-state index is 15.0. The predicted molar refractivity (Wildman–Crippen MR) is 137 cm³/mol. The number of alkyl halides is 1. The van der Waals surface area contributed by atoms with E-state index in [9.17, 15) is 24.7 Å². The van der Waals surface area contributed by atoms with E-state index >= 15 is 4.39 Å². The molecule has 4 atom stereocenters. The fraction of sp³-hybridized carbons (Fsp3) is 0.500. The minimum atomic E-state index is -1.09. The molecule has 11 heteroatoms. The van der Waals surface area contributed by atoms with Crippen LogP contribution in [-0.2, 0) is 13.6 Å². The van der Waals surface area contributed by atoms with E-state index in [1.807, 2.05) is 6.07 Å². The second kappa shape index (κ2) is 10.9. The first-order valence-corrected chi connectivity index (χ1v) is 12.4. The van der Waals surface area contributed by atoms with Crippen LogP contribution in [0.15, 0.2) is 29.1 Å². The number of halogens is 2. The number of aryl methyl sites for hydroxylation is 2. The molecule has 3 aromatic rings. The molecule has 0 radical (unpaired) electrons. The number of hydrogen-bond donors (Lipinski definition) is 3. The fourth-order valence-corrected chi connectivity index (χ4v) is 5.01. The van der Waals surface area contributed by atoms with Gasteiger partial charge in [-0.1, -0.05) is 6.92 Å². The summed E-state index contributed by atoms with van der Waals surface area (Å²) < 4.78 is 32.8. The summed E-state index contributed by atoms with van der Waals surface area (Å²) in [6, 6.07) is 8.25. The van der Waals surface area contributed by atoms with E-state index in [-0.39, 0.29) is 48.4 Å². The zero-order valence-corrected chi connectivity index (χ0v) is 21.2. The lowest BCUT2D eigenvalue weighted by molar-refractivity contribution is 0.112. The summed E-state index contributed by atoms with van der Waals surface area (Å²) >= 11 is 0. The van der Waals surface area contributed by atoms with Crippen molar-refractivity contribution in [2.45, 2.75) is 45.5 Å². The summed E-state index contributed by atoms with van der Waals surface area (Å²) in [7, 11) is 1.66. The first kappa shape index (κ1) is 26.6. The maximum Gasteiger partial charge on any atom is 0.328 e. The number of piperidine rings is 1. The van der Waals surface area contributed by atoms with Gasteiger partial charge in [0.2, 0.25) is 0 Å². The number of fused-ring (bicyclic) bond motifs is 1. The van der Waals surface area contributed by atoms with Gasteiger partial charge < -0.3 is 20.4 Å². The van der Waals surface area contributed by atoms with Crippen LogP contribution < -0.4 is 15.9 Å². The van der Waals surface area contributed by atoms with E-state index in [2.05, 4.69) is 10.3 Å². The number of imidazole rings is 1. The van der Waals surface area contributed by atoms with Crippen LogP contribution in [0.25, 0.3) is 11.0 Å². The highest BCUT2D eigenvalue weighted by Gasteiger charge is 2.36. The highest BCUT2D eigenvalue weighted by molar-refractivity contribution is 5.81. The van der Waals surface area contributed by atoms with E-state index < -0.39 is 24.0 Å². The number of benzene rings is 1. The number of rotatable bonds is 8. The molecule has 2 aromatic heterocycles. The van der Waals surface area contributed by atoms with Gasteiger partial charge in [-0.25, -0.2) is 18.6 Å². The van der Waals surface area contributed by atoms with Crippen molar-refractivity contribution in [1.29, 1.82) is 5.26 Å². The van der Waals surface area contributed by atoms with Crippen molar-refractivity contribution in [2.75, 3.05) is 29.9 Å². The molecule has 1 unspecified atom stereocenters. The molecule has 1 aromatic carbocycles. The molecular weight excluding hydrogens is 482 g/mol. The second-order valence-corrected chi connectivity index (χ2v) is 9.86. The maximum absolute atomic E-state index is 15.0. The third-order valence-electron chi connectivity index (χ3n) is 7.01. The van der Waals surface area contributed by atoms with Gasteiger partial charge in [0.15, 0.2) is 11.6 Å². The van der Waals surface area contributed by atoms with E-state index in [1.165, 1.54) is 4.57 Å². The van der Waals surface area contributed by atoms with E-state index in [0.29, 0.717) is 36.2 Å². The van der Waals surface area contributed by atoms with Crippen molar-refractivity contribution in [3.8, 4) is 6.07 Å². The molecule has 0 amide bonds. The monoisotopic (exact) mass is 514 g/mol. The largest absolute Gasteiger partial charge is 0.396 e. The van der Waals surface area contributed by atoms with Crippen molar-refractivity contribution in [2.24, 2.45) is 18.9 Å². The number of aromatic nitrogens is 3. The fourth-order valence-electron chi connectivity index (χ4n) is 5.01. The zero-order valence-electron chi connectivity index (χ0n) is 21.2. The smallest absolute Gasteiger partial charge is 0.328 e. The molecule has 4 rings (SSSR count). The third-order valence-corrected chi connectivity index (χ3v) is 7.01. The average Bonchev–Trinajstić information content (AvgIpc) is 3.10. The normalized spacial score (nSPS) is 20.7. The molecule has 1 aliphatic heterocycles. The van der Waals surface area contributed by atoms with Crippen LogP contribution >= 0.6 is 0 Å². The van der Waals surface area contributed by atoms with Crippen LogP contribution in [0, 0.1) is 29.0 Å². The number of pyridine rings is 1. The lowest BCUT2D eigenvalue weighted by atomic mass is 9.86. The number of anilines is 3. The van der Waals surface area contributed by atoms with Crippen molar-refractivity contribution >= 4 is 28.4 Å². The Kier molecular flexibility index (Phi) is 7.80. The Hall–Kier alpha value is -3.49. The molecule has 0 bridgehead atoms. The summed E-state index contributed by atoms with van der Waals surface area (Å²) in [5, 5.41) is 31.6. The van der Waals surface area contributed by atoms with E-state index in [0.717, 1.165) is 6.07 Å². The van der Waals surface area contributed by atoms with Crippen LogP contribution in [0.1, 0.15) is 32.3 Å². The van der Waals surface area contributed by atoms with Crippen LogP contribution in [0.4, 0.5) is 26.1 Å². The quantitative estimate of drug-likeness (QED) is 0.423. The third kappa shape index (κ3) is 5.31. The molecule has 198 valence electrons. The number of aliphatic hydroxyl groups is 2. The highest BCUT2D eigenvalue weighted by atomic mass is 19.1. The van der Waals surface area contributed by atoms with Gasteiger partial charge in [0.05, 0.1) is 22.7 Å². The Labute approximate surface area is 213 Å². The Bertz CT molecular complexity index is 1380. The Balaban J connectivity index is 1.69. The van der Waals surface area contributed by atoms with Crippen LogP contribution in [0.2, 0.25) is 0 Å². The summed E-state index contributed by atoms with van der Waals surface area (Å²) in [6.45, 7) is 4.16. The minimum Gasteiger partial charge on any atom is -0.396 e. The first-order chi connectivity index (χ1) is 17.6. The van der Waals surface area contributed by atoms with Gasteiger partial charge in [0.1, 0.15) is 18.1 Å². The highest BCUT2D eigenvalue weighted by Crippen LogP contribution is 2.33. The summed E-state index contributed by atoms with van der Waals surface area (Å²) in [4.78, 5) is 18.9. The zero-order chi connectivity index (χ0) is 26.9. The van der Waals surface area contributed by atoms with Crippen LogP contribution in [0.5, 0.6) is 0 Å². The van der Waals surface area contributed by atoms with E-state index in [4.69, 9.17) is 0 Å². The minimum absolute atomic E-state index is 0.0424. The van der Waals surface area contributed by atoms with Crippen molar-refractivity contribution < 1.29 is 19.0 Å². The molecule has 3 N–H and O–H groups in total. The van der Waals surface area contributed by atoms with Gasteiger partial charge >= 0.3 is 5.69 Å². The number of hydrogen-bond acceptors (Lipinski definition) is 7. The SMILES string of the molecule is CC(O)CCn1c(=O)n(C)c2ccc(Nc3nc(N4C[C@@H](CCO)[C@H](F)[C@@H](C)C4)c(C#N)cc3F)cc21. The summed E-state index contributed by atoms with van der Waals surface area (Å²) in [5.74, 6) is -1.35. The van der Waals surface area contributed by atoms with Crippen molar-refractivity contribution in [3.63, 3.8) is 0 Å². The first-order valence-electron chi connectivity index (χ1n) is 12.4. The standard InChI is InChI=1S/C26H32F2N6O3/c1-15-13-33(14-17(7-9-35)23(15)28)25-18(12-29)10-20(27)24(31-25)30-19-4-5-21-22(11-19)34(8-6-16(2)36)26(37)32(21)3/h4-5,10-11,15-17,23,35-36H,6-9,13-14H2,1-3H3,(H,30,31)/t15-,16?,17+,23+/m0/s1. The molecule has 9 nitrogen and oxygen atoms in total. The van der Waals surface area contributed by atoms with Crippen molar-refractivity contribution in [1.82, 2.24) is 14.1 Å².